The van der Waals surface area contributed by atoms with Crippen LogP contribution in [0.25, 0.3) is 0 Å². The fourth-order valence-electron chi connectivity index (χ4n) is 1.75. The van der Waals surface area contributed by atoms with Crippen LogP contribution in [0.3, 0.4) is 0 Å². The molecule has 2 rings (SSSR count). The van der Waals surface area contributed by atoms with E-state index in [1.807, 2.05) is 18.3 Å². The number of H-pyrrole nitrogens is 1. The molecule has 4 nitrogen and oxygen atoms in total. The predicted octanol–water partition coefficient (Wildman–Crippen LogP) is 2.01. The fraction of sp³-hybridized carbons (Fsp3) is 0.308. The number of aromatic nitrogens is 2. The van der Waals surface area contributed by atoms with E-state index in [9.17, 15) is 5.11 Å². The van der Waals surface area contributed by atoms with Gasteiger partial charge in [0.25, 0.3) is 0 Å². The average molecular weight is 231 g/mol. The number of nitrogens with zero attached hydrogens (tertiary/aromatic N) is 1. The maximum absolute atomic E-state index is 9.39. The van der Waals surface area contributed by atoms with E-state index >= 15 is 0 Å². The van der Waals surface area contributed by atoms with Crippen LogP contribution in [0.2, 0.25) is 0 Å². The Hall–Kier alpha value is -1.81. The van der Waals surface area contributed by atoms with E-state index in [0.717, 1.165) is 24.4 Å². The van der Waals surface area contributed by atoms with Crippen LogP contribution >= 0.6 is 0 Å². The highest BCUT2D eigenvalue weighted by molar-refractivity contribution is 5.28. The van der Waals surface area contributed by atoms with Crippen molar-refractivity contribution in [2.45, 2.75) is 19.4 Å². The van der Waals surface area contributed by atoms with Crippen molar-refractivity contribution < 1.29 is 5.11 Å². The lowest BCUT2D eigenvalue weighted by Gasteiger charge is -2.13. The zero-order chi connectivity index (χ0) is 12.1. The molecule has 0 aliphatic rings. The molecule has 1 aromatic carbocycles. The molecule has 17 heavy (non-hydrogen) atoms. The minimum Gasteiger partial charge on any atom is -0.508 e. The molecule has 1 atom stereocenters. The van der Waals surface area contributed by atoms with Crippen molar-refractivity contribution in [3.8, 4) is 5.75 Å². The number of phenolic OH excluding ortho intramolecular Hbond substituents is 1. The highest BCUT2D eigenvalue weighted by Crippen LogP contribution is 2.17. The fourth-order valence-corrected chi connectivity index (χ4v) is 1.75. The molecule has 3 N–H and O–H groups in total. The summed E-state index contributed by atoms with van der Waals surface area (Å²) in [6.07, 6.45) is 4.46. The molecular weight excluding hydrogens is 214 g/mol. The van der Waals surface area contributed by atoms with E-state index < -0.39 is 0 Å². The number of nitrogens with one attached hydrogen (secondary N) is 2. The molecule has 0 aliphatic heterocycles. The molecule has 0 fully saturated rings. The van der Waals surface area contributed by atoms with Gasteiger partial charge in [0.15, 0.2) is 0 Å². The molecule has 4 heteroatoms. The van der Waals surface area contributed by atoms with E-state index in [-0.39, 0.29) is 6.04 Å². The second kappa shape index (κ2) is 5.50. The lowest BCUT2D eigenvalue weighted by atomic mass is 10.1. The van der Waals surface area contributed by atoms with Gasteiger partial charge in [0, 0.05) is 31.4 Å². The summed E-state index contributed by atoms with van der Waals surface area (Å²) in [5.74, 6) is 1.29. The Labute approximate surface area is 101 Å². The van der Waals surface area contributed by atoms with E-state index in [0.29, 0.717) is 5.75 Å². The first-order valence-corrected chi connectivity index (χ1v) is 5.76. The molecule has 0 saturated carbocycles. The van der Waals surface area contributed by atoms with Gasteiger partial charge in [-0.2, -0.15) is 0 Å². The van der Waals surface area contributed by atoms with E-state index in [4.69, 9.17) is 0 Å². The zero-order valence-corrected chi connectivity index (χ0v) is 9.85. The normalized spacial score (nSPS) is 12.5. The van der Waals surface area contributed by atoms with Gasteiger partial charge in [0.2, 0.25) is 0 Å². The summed E-state index contributed by atoms with van der Waals surface area (Å²) in [6, 6.07) is 7.54. The standard InChI is InChI=1S/C13H17N3O/c1-10(11-3-2-4-12(17)9-11)14-6-5-13-15-7-8-16-13/h2-4,7-10,14,17H,5-6H2,1H3,(H,15,16). The summed E-state index contributed by atoms with van der Waals surface area (Å²) >= 11 is 0. The minimum absolute atomic E-state index is 0.220. The van der Waals surface area contributed by atoms with Crippen LogP contribution in [0.15, 0.2) is 36.7 Å². The zero-order valence-electron chi connectivity index (χ0n) is 9.85. The summed E-state index contributed by atoms with van der Waals surface area (Å²) in [6.45, 7) is 2.93. The summed E-state index contributed by atoms with van der Waals surface area (Å²) < 4.78 is 0. The molecule has 0 amide bonds. The van der Waals surface area contributed by atoms with Crippen LogP contribution in [0.1, 0.15) is 24.4 Å². The Morgan fingerprint density at radius 1 is 1.47 bits per heavy atom. The Morgan fingerprint density at radius 3 is 3.06 bits per heavy atom. The van der Waals surface area contributed by atoms with Gasteiger partial charge in [0.1, 0.15) is 11.6 Å². The van der Waals surface area contributed by atoms with Gasteiger partial charge >= 0.3 is 0 Å². The van der Waals surface area contributed by atoms with E-state index in [2.05, 4.69) is 22.2 Å². The number of aromatic hydroxyl groups is 1. The first-order valence-electron chi connectivity index (χ1n) is 5.76. The highest BCUT2D eigenvalue weighted by atomic mass is 16.3. The molecule has 2 aromatic rings. The second-order valence-corrected chi connectivity index (χ2v) is 4.06. The summed E-state index contributed by atoms with van der Waals surface area (Å²) in [7, 11) is 0. The average Bonchev–Trinajstić information content (AvgIpc) is 2.82. The molecule has 0 saturated heterocycles. The van der Waals surface area contributed by atoms with Crippen LogP contribution in [0.5, 0.6) is 5.75 Å². The summed E-state index contributed by atoms with van der Waals surface area (Å²) in [4.78, 5) is 7.23. The number of benzene rings is 1. The van der Waals surface area contributed by atoms with Crippen molar-refractivity contribution in [3.05, 3.63) is 48.0 Å². The van der Waals surface area contributed by atoms with Crippen molar-refractivity contribution in [1.29, 1.82) is 0 Å². The first kappa shape index (κ1) is 11.7. The Kier molecular flexibility index (Phi) is 3.77. The third-order valence-corrected chi connectivity index (χ3v) is 2.74. The van der Waals surface area contributed by atoms with Gasteiger partial charge < -0.3 is 15.4 Å². The van der Waals surface area contributed by atoms with Crippen molar-refractivity contribution in [3.63, 3.8) is 0 Å². The number of aromatic amines is 1. The lowest BCUT2D eigenvalue weighted by molar-refractivity contribution is 0.472. The van der Waals surface area contributed by atoms with Gasteiger partial charge in [-0.05, 0) is 24.6 Å². The van der Waals surface area contributed by atoms with Crippen LogP contribution in [0.4, 0.5) is 0 Å². The smallest absolute Gasteiger partial charge is 0.115 e. The van der Waals surface area contributed by atoms with Gasteiger partial charge in [-0.1, -0.05) is 12.1 Å². The summed E-state index contributed by atoms with van der Waals surface area (Å²) in [5, 5.41) is 12.8. The Balaban J connectivity index is 1.83. The third-order valence-electron chi connectivity index (χ3n) is 2.74. The van der Waals surface area contributed by atoms with Crippen molar-refractivity contribution in [2.75, 3.05) is 6.54 Å². The SMILES string of the molecule is CC(NCCc1ncc[nH]1)c1cccc(O)c1. The molecule has 1 aromatic heterocycles. The van der Waals surface area contributed by atoms with E-state index in [1.165, 1.54) is 0 Å². The minimum atomic E-state index is 0.220. The van der Waals surface area contributed by atoms with Crippen LogP contribution in [-0.2, 0) is 6.42 Å². The number of rotatable bonds is 5. The molecule has 1 heterocycles. The molecule has 1 unspecified atom stereocenters. The highest BCUT2D eigenvalue weighted by Gasteiger charge is 2.05. The van der Waals surface area contributed by atoms with Crippen LogP contribution < -0.4 is 5.32 Å². The van der Waals surface area contributed by atoms with Gasteiger partial charge in [0.05, 0.1) is 0 Å². The predicted molar refractivity (Wildman–Crippen MR) is 66.8 cm³/mol. The molecular formula is C13H17N3O. The Bertz CT molecular complexity index is 453. The lowest BCUT2D eigenvalue weighted by Crippen LogP contribution is -2.21. The second-order valence-electron chi connectivity index (χ2n) is 4.06. The van der Waals surface area contributed by atoms with Crippen LogP contribution in [-0.4, -0.2) is 21.6 Å². The number of phenols is 1. The Morgan fingerprint density at radius 2 is 2.35 bits per heavy atom. The van der Waals surface area contributed by atoms with Gasteiger partial charge in [-0.3, -0.25) is 0 Å². The molecule has 0 bridgehead atoms. The van der Waals surface area contributed by atoms with Crippen LogP contribution in [0, 0.1) is 0 Å². The number of hydrogen-bond donors (Lipinski definition) is 3. The van der Waals surface area contributed by atoms with Gasteiger partial charge in [-0.15, -0.1) is 0 Å². The largest absolute Gasteiger partial charge is 0.508 e. The number of hydrogen-bond acceptors (Lipinski definition) is 3. The van der Waals surface area contributed by atoms with Crippen molar-refractivity contribution in [2.24, 2.45) is 0 Å². The number of imidazole rings is 1. The molecule has 0 aliphatic carbocycles. The maximum Gasteiger partial charge on any atom is 0.115 e. The third kappa shape index (κ3) is 3.32. The van der Waals surface area contributed by atoms with Crippen molar-refractivity contribution >= 4 is 0 Å². The molecule has 0 radical (unpaired) electrons. The summed E-state index contributed by atoms with van der Waals surface area (Å²) in [5.41, 5.74) is 1.09. The molecule has 0 spiro atoms. The first-order chi connectivity index (χ1) is 8.25. The maximum atomic E-state index is 9.39. The molecule has 90 valence electrons. The quantitative estimate of drug-likeness (QED) is 0.737. The monoisotopic (exact) mass is 231 g/mol. The topological polar surface area (TPSA) is 60.9 Å². The van der Waals surface area contributed by atoms with Gasteiger partial charge in [-0.25, -0.2) is 4.98 Å². The van der Waals surface area contributed by atoms with E-state index in [1.54, 1.807) is 18.3 Å². The van der Waals surface area contributed by atoms with Crippen molar-refractivity contribution in [1.82, 2.24) is 15.3 Å².